The van der Waals surface area contributed by atoms with Crippen molar-refractivity contribution in [2.24, 2.45) is 0 Å². The fourth-order valence-corrected chi connectivity index (χ4v) is 3.39. The Balaban J connectivity index is 2.13. The fraction of sp³-hybridized carbons (Fsp3) is 0.462. The van der Waals surface area contributed by atoms with Crippen LogP contribution in [0.15, 0.2) is 18.2 Å². The summed E-state index contributed by atoms with van der Waals surface area (Å²) in [5.74, 6) is -1.07. The Hall–Kier alpha value is -1.02. The zero-order chi connectivity index (χ0) is 11.3. The first-order valence-corrected chi connectivity index (χ1v) is 6.03. The molecule has 1 N–H and O–H groups in total. The summed E-state index contributed by atoms with van der Waals surface area (Å²) < 4.78 is 0. The molecule has 16 heavy (non-hydrogen) atoms. The molecule has 1 spiro atoms. The second kappa shape index (κ2) is 3.24. The largest absolute Gasteiger partial charge is 0.481 e. The first kappa shape index (κ1) is 10.2. The second-order valence-electron chi connectivity index (χ2n) is 4.96. The van der Waals surface area contributed by atoms with Crippen LogP contribution < -0.4 is 0 Å². The Morgan fingerprint density at radius 1 is 1.44 bits per heavy atom. The van der Waals surface area contributed by atoms with Crippen LogP contribution in [-0.2, 0) is 10.2 Å². The van der Waals surface area contributed by atoms with Gasteiger partial charge in [0.25, 0.3) is 0 Å². The summed E-state index contributed by atoms with van der Waals surface area (Å²) in [6.07, 6.45) is 4.24. The highest BCUT2D eigenvalue weighted by Crippen LogP contribution is 2.57. The third kappa shape index (κ3) is 1.23. The van der Waals surface area contributed by atoms with Crippen LogP contribution in [0.1, 0.15) is 42.7 Å². The molecule has 1 unspecified atom stereocenters. The van der Waals surface area contributed by atoms with Gasteiger partial charge < -0.3 is 5.11 Å². The van der Waals surface area contributed by atoms with Crippen molar-refractivity contribution in [1.82, 2.24) is 0 Å². The molecule has 1 saturated carbocycles. The summed E-state index contributed by atoms with van der Waals surface area (Å²) >= 11 is 5.95. The third-order valence-electron chi connectivity index (χ3n) is 4.16. The minimum atomic E-state index is -0.715. The van der Waals surface area contributed by atoms with Gasteiger partial charge in [0, 0.05) is 5.02 Å². The van der Waals surface area contributed by atoms with Crippen molar-refractivity contribution in [3.63, 3.8) is 0 Å². The predicted octanol–water partition coefficient (Wildman–Crippen LogP) is 3.33. The van der Waals surface area contributed by atoms with E-state index in [0.29, 0.717) is 5.02 Å². The Labute approximate surface area is 99.2 Å². The highest BCUT2D eigenvalue weighted by Gasteiger charge is 2.49. The second-order valence-corrected chi connectivity index (χ2v) is 5.40. The molecule has 1 aromatic carbocycles. The Morgan fingerprint density at radius 3 is 2.75 bits per heavy atom. The van der Waals surface area contributed by atoms with Crippen LogP contribution in [0.25, 0.3) is 0 Å². The molecule has 0 heterocycles. The number of aliphatic carboxylic acids is 1. The first-order valence-electron chi connectivity index (χ1n) is 5.65. The lowest BCUT2D eigenvalue weighted by Crippen LogP contribution is -2.32. The highest BCUT2D eigenvalue weighted by atomic mass is 35.5. The topological polar surface area (TPSA) is 37.3 Å². The van der Waals surface area contributed by atoms with Crippen molar-refractivity contribution in [3.8, 4) is 0 Å². The number of carbonyl (C=O) groups is 1. The van der Waals surface area contributed by atoms with Crippen molar-refractivity contribution >= 4 is 17.6 Å². The molecular formula is C13H13ClO2. The molecular weight excluding hydrogens is 224 g/mol. The van der Waals surface area contributed by atoms with Crippen molar-refractivity contribution in [2.45, 2.75) is 37.0 Å². The maximum absolute atomic E-state index is 11.3. The maximum Gasteiger partial charge on any atom is 0.311 e. The fourth-order valence-electron chi connectivity index (χ4n) is 3.21. The van der Waals surface area contributed by atoms with Crippen LogP contribution in [0.2, 0.25) is 5.02 Å². The standard InChI is InChI=1S/C13H13ClO2/c14-8-2-3-11-9(6-8)10(12(15)16)7-13(11)4-1-5-13/h2-3,6,10H,1,4-5,7H2,(H,15,16). The van der Waals surface area contributed by atoms with E-state index in [4.69, 9.17) is 11.6 Å². The van der Waals surface area contributed by atoms with Gasteiger partial charge >= 0.3 is 5.97 Å². The van der Waals surface area contributed by atoms with E-state index < -0.39 is 5.97 Å². The number of hydrogen-bond acceptors (Lipinski definition) is 1. The van der Waals surface area contributed by atoms with Gasteiger partial charge in [-0.2, -0.15) is 0 Å². The summed E-state index contributed by atoms with van der Waals surface area (Å²) in [5.41, 5.74) is 2.33. The van der Waals surface area contributed by atoms with Gasteiger partial charge in [-0.25, -0.2) is 0 Å². The molecule has 0 radical (unpaired) electrons. The number of carboxylic acids is 1. The number of fused-ring (bicyclic) bond motifs is 2. The molecule has 1 atom stereocenters. The molecule has 2 nitrogen and oxygen atoms in total. The van der Waals surface area contributed by atoms with Crippen LogP contribution in [0, 0.1) is 0 Å². The lowest BCUT2D eigenvalue weighted by molar-refractivity contribution is -0.139. The molecule has 2 aliphatic rings. The molecule has 84 valence electrons. The van der Waals surface area contributed by atoms with E-state index in [1.807, 2.05) is 18.2 Å². The van der Waals surface area contributed by atoms with Gasteiger partial charge in [-0.3, -0.25) is 4.79 Å². The number of halogens is 1. The lowest BCUT2D eigenvalue weighted by Gasteiger charge is -2.39. The quantitative estimate of drug-likeness (QED) is 0.812. The zero-order valence-corrected chi connectivity index (χ0v) is 9.63. The van der Waals surface area contributed by atoms with Gasteiger partial charge in [0.15, 0.2) is 0 Å². The Bertz CT molecular complexity index is 463. The molecule has 0 saturated heterocycles. The first-order chi connectivity index (χ1) is 7.62. The molecule has 2 aliphatic carbocycles. The molecule has 0 aromatic heterocycles. The Kier molecular flexibility index (Phi) is 2.05. The van der Waals surface area contributed by atoms with Crippen LogP contribution >= 0.6 is 11.6 Å². The summed E-state index contributed by atoms with van der Waals surface area (Å²) in [5, 5.41) is 9.90. The number of hydrogen-bond donors (Lipinski definition) is 1. The van der Waals surface area contributed by atoms with Crippen LogP contribution in [0.5, 0.6) is 0 Å². The van der Waals surface area contributed by atoms with E-state index in [9.17, 15) is 9.90 Å². The smallest absolute Gasteiger partial charge is 0.311 e. The van der Waals surface area contributed by atoms with Gasteiger partial charge in [0.1, 0.15) is 0 Å². The van der Waals surface area contributed by atoms with Gasteiger partial charge in [0.05, 0.1) is 5.92 Å². The molecule has 0 aliphatic heterocycles. The van der Waals surface area contributed by atoms with E-state index in [2.05, 4.69) is 0 Å². The summed E-state index contributed by atoms with van der Waals surface area (Å²) in [6, 6.07) is 5.74. The monoisotopic (exact) mass is 236 g/mol. The van der Waals surface area contributed by atoms with E-state index in [1.165, 1.54) is 12.0 Å². The van der Waals surface area contributed by atoms with E-state index in [0.717, 1.165) is 24.8 Å². The van der Waals surface area contributed by atoms with Gasteiger partial charge in [-0.15, -0.1) is 0 Å². The minimum absolute atomic E-state index is 0.156. The van der Waals surface area contributed by atoms with E-state index >= 15 is 0 Å². The molecule has 0 amide bonds. The summed E-state index contributed by atoms with van der Waals surface area (Å²) in [7, 11) is 0. The van der Waals surface area contributed by atoms with Gasteiger partial charge in [0.2, 0.25) is 0 Å². The van der Waals surface area contributed by atoms with Crippen molar-refractivity contribution in [1.29, 1.82) is 0 Å². The normalized spacial score (nSPS) is 25.2. The number of rotatable bonds is 1. The number of benzene rings is 1. The van der Waals surface area contributed by atoms with Crippen molar-refractivity contribution in [2.75, 3.05) is 0 Å². The van der Waals surface area contributed by atoms with E-state index in [1.54, 1.807) is 0 Å². The van der Waals surface area contributed by atoms with Gasteiger partial charge in [-0.1, -0.05) is 24.1 Å². The SMILES string of the molecule is O=C(O)C1CC2(CCC2)c2ccc(Cl)cc21. The molecule has 1 fully saturated rings. The molecule has 3 rings (SSSR count). The van der Waals surface area contributed by atoms with Crippen LogP contribution in [-0.4, -0.2) is 11.1 Å². The summed E-state index contributed by atoms with van der Waals surface area (Å²) in [4.78, 5) is 11.3. The third-order valence-corrected chi connectivity index (χ3v) is 4.40. The molecule has 1 aromatic rings. The lowest BCUT2D eigenvalue weighted by atomic mass is 9.65. The molecule has 0 bridgehead atoms. The summed E-state index contributed by atoms with van der Waals surface area (Å²) in [6.45, 7) is 0. The highest BCUT2D eigenvalue weighted by molar-refractivity contribution is 6.30. The number of carboxylic acid groups (broad SMARTS) is 1. The van der Waals surface area contributed by atoms with Gasteiger partial charge in [-0.05, 0) is 47.9 Å². The average Bonchev–Trinajstić information content (AvgIpc) is 2.51. The average molecular weight is 237 g/mol. The Morgan fingerprint density at radius 2 is 2.19 bits per heavy atom. The maximum atomic E-state index is 11.3. The van der Waals surface area contributed by atoms with E-state index in [-0.39, 0.29) is 11.3 Å². The van der Waals surface area contributed by atoms with Crippen LogP contribution in [0.3, 0.4) is 0 Å². The minimum Gasteiger partial charge on any atom is -0.481 e. The van der Waals surface area contributed by atoms with Crippen molar-refractivity contribution < 1.29 is 9.90 Å². The van der Waals surface area contributed by atoms with Crippen LogP contribution in [0.4, 0.5) is 0 Å². The zero-order valence-electron chi connectivity index (χ0n) is 8.87. The van der Waals surface area contributed by atoms with Crippen molar-refractivity contribution in [3.05, 3.63) is 34.3 Å². The predicted molar refractivity (Wildman–Crippen MR) is 62.0 cm³/mol. The molecule has 3 heteroatoms.